The van der Waals surface area contributed by atoms with Crippen LogP contribution in [0.1, 0.15) is 5.69 Å². The minimum atomic E-state index is -4.77. The summed E-state index contributed by atoms with van der Waals surface area (Å²) in [5.74, 6) is -5.83. The second-order valence-corrected chi connectivity index (χ2v) is 3.87. The minimum Gasteiger partial charge on any atom is -0.368 e. The van der Waals surface area contributed by atoms with Crippen molar-refractivity contribution in [3.8, 4) is 0 Å². The van der Waals surface area contributed by atoms with Crippen LogP contribution in [0.15, 0.2) is 18.2 Å². The zero-order valence-corrected chi connectivity index (χ0v) is 9.97. The SMILES string of the molecule is Nc1nc(Nc2cc(F)c(F)c(F)c2)cc(C(F)(F)F)n1. The number of hydrogen-bond acceptors (Lipinski definition) is 4. The number of alkyl halides is 3. The zero-order chi connectivity index (χ0) is 15.8. The van der Waals surface area contributed by atoms with Crippen LogP contribution < -0.4 is 11.1 Å². The van der Waals surface area contributed by atoms with E-state index in [0.717, 1.165) is 0 Å². The molecule has 0 aliphatic carbocycles. The lowest BCUT2D eigenvalue weighted by Crippen LogP contribution is -2.12. The summed E-state index contributed by atoms with van der Waals surface area (Å²) in [4.78, 5) is 6.43. The van der Waals surface area contributed by atoms with Crippen LogP contribution in [0.25, 0.3) is 0 Å². The first kappa shape index (κ1) is 14.9. The molecule has 0 unspecified atom stereocenters. The monoisotopic (exact) mass is 308 g/mol. The van der Waals surface area contributed by atoms with Crippen LogP contribution in [0, 0.1) is 17.5 Å². The normalized spacial score (nSPS) is 11.5. The van der Waals surface area contributed by atoms with Gasteiger partial charge in [0, 0.05) is 23.9 Å². The Morgan fingerprint density at radius 1 is 0.952 bits per heavy atom. The van der Waals surface area contributed by atoms with E-state index in [1.165, 1.54) is 0 Å². The van der Waals surface area contributed by atoms with Gasteiger partial charge in [-0.3, -0.25) is 0 Å². The Hall–Kier alpha value is -2.52. The van der Waals surface area contributed by atoms with Gasteiger partial charge in [-0.2, -0.15) is 18.2 Å². The Kier molecular flexibility index (Phi) is 3.62. The molecule has 1 aromatic carbocycles. The van der Waals surface area contributed by atoms with Crippen molar-refractivity contribution < 1.29 is 26.3 Å². The van der Waals surface area contributed by atoms with Gasteiger partial charge in [-0.25, -0.2) is 18.2 Å². The van der Waals surface area contributed by atoms with Crippen molar-refractivity contribution >= 4 is 17.5 Å². The van der Waals surface area contributed by atoms with Crippen molar-refractivity contribution in [1.29, 1.82) is 0 Å². The van der Waals surface area contributed by atoms with E-state index in [1.54, 1.807) is 0 Å². The van der Waals surface area contributed by atoms with Crippen LogP contribution in [0.4, 0.5) is 43.8 Å². The number of aromatic nitrogens is 2. The Balaban J connectivity index is 2.38. The van der Waals surface area contributed by atoms with E-state index < -0.39 is 41.1 Å². The molecule has 0 aliphatic heterocycles. The number of nitrogen functional groups attached to an aromatic ring is 1. The number of nitrogens with zero attached hydrogens (tertiary/aromatic N) is 2. The van der Waals surface area contributed by atoms with Gasteiger partial charge in [-0.15, -0.1) is 0 Å². The lowest BCUT2D eigenvalue weighted by molar-refractivity contribution is -0.141. The summed E-state index contributed by atoms with van der Waals surface area (Å²) in [6.45, 7) is 0. The third-order valence-electron chi connectivity index (χ3n) is 2.29. The van der Waals surface area contributed by atoms with Crippen molar-refractivity contribution in [1.82, 2.24) is 9.97 Å². The predicted octanol–water partition coefficient (Wildman–Crippen LogP) is 3.24. The summed E-state index contributed by atoms with van der Waals surface area (Å²) in [6, 6.07) is 1.61. The Bertz CT molecular complexity index is 662. The van der Waals surface area contributed by atoms with E-state index >= 15 is 0 Å². The third-order valence-corrected chi connectivity index (χ3v) is 2.29. The quantitative estimate of drug-likeness (QED) is 0.660. The number of benzene rings is 1. The van der Waals surface area contributed by atoms with E-state index in [0.29, 0.717) is 18.2 Å². The first-order valence-corrected chi connectivity index (χ1v) is 5.30. The summed E-state index contributed by atoms with van der Waals surface area (Å²) in [5, 5.41) is 2.19. The van der Waals surface area contributed by atoms with Crippen LogP contribution in [0.2, 0.25) is 0 Å². The molecule has 0 saturated carbocycles. The molecule has 0 fully saturated rings. The molecule has 10 heteroatoms. The largest absolute Gasteiger partial charge is 0.433 e. The van der Waals surface area contributed by atoms with E-state index in [4.69, 9.17) is 5.73 Å². The molecule has 0 aliphatic rings. The van der Waals surface area contributed by atoms with Crippen LogP contribution in [-0.4, -0.2) is 9.97 Å². The van der Waals surface area contributed by atoms with Crippen LogP contribution in [0.5, 0.6) is 0 Å². The maximum Gasteiger partial charge on any atom is 0.433 e. The van der Waals surface area contributed by atoms with Gasteiger partial charge in [-0.1, -0.05) is 0 Å². The third kappa shape index (κ3) is 3.33. The first-order valence-electron chi connectivity index (χ1n) is 5.30. The average molecular weight is 308 g/mol. The minimum absolute atomic E-state index is 0.336. The van der Waals surface area contributed by atoms with Crippen molar-refractivity contribution in [2.75, 3.05) is 11.1 Å². The van der Waals surface area contributed by atoms with Crippen LogP contribution in [0.3, 0.4) is 0 Å². The number of rotatable bonds is 2. The summed E-state index contributed by atoms with van der Waals surface area (Å²) in [5.41, 5.74) is 3.45. The second kappa shape index (κ2) is 5.11. The summed E-state index contributed by atoms with van der Waals surface area (Å²) < 4.78 is 76.3. The molecular weight excluding hydrogens is 302 g/mol. The number of halogens is 6. The van der Waals surface area contributed by atoms with Crippen molar-refractivity contribution in [2.24, 2.45) is 0 Å². The molecule has 2 rings (SSSR count). The summed E-state index contributed by atoms with van der Waals surface area (Å²) in [7, 11) is 0. The molecule has 21 heavy (non-hydrogen) atoms. The lowest BCUT2D eigenvalue weighted by atomic mass is 10.2. The highest BCUT2D eigenvalue weighted by molar-refractivity contribution is 5.57. The fourth-order valence-corrected chi connectivity index (χ4v) is 1.45. The molecular formula is C11H6F6N4. The van der Waals surface area contributed by atoms with E-state index in [2.05, 4.69) is 15.3 Å². The maximum atomic E-state index is 13.0. The number of anilines is 3. The van der Waals surface area contributed by atoms with E-state index in [9.17, 15) is 26.3 Å². The van der Waals surface area contributed by atoms with Crippen molar-refractivity contribution in [2.45, 2.75) is 6.18 Å². The average Bonchev–Trinajstić information content (AvgIpc) is 2.34. The molecule has 0 radical (unpaired) electrons. The molecule has 3 N–H and O–H groups in total. The van der Waals surface area contributed by atoms with Crippen molar-refractivity contribution in [3.63, 3.8) is 0 Å². The molecule has 1 heterocycles. The molecule has 0 saturated heterocycles. The maximum absolute atomic E-state index is 13.0. The predicted molar refractivity (Wildman–Crippen MR) is 61.0 cm³/mol. The Morgan fingerprint density at radius 2 is 1.52 bits per heavy atom. The van der Waals surface area contributed by atoms with Gasteiger partial charge in [0.1, 0.15) is 5.82 Å². The highest BCUT2D eigenvalue weighted by Crippen LogP contribution is 2.30. The number of hydrogen-bond donors (Lipinski definition) is 2. The molecule has 0 bridgehead atoms. The molecule has 1 aromatic heterocycles. The molecule has 112 valence electrons. The number of nitrogens with one attached hydrogen (secondary N) is 1. The lowest BCUT2D eigenvalue weighted by Gasteiger charge is -2.10. The standard InChI is InChI=1S/C11H6F6N4/c12-5-1-4(2-6(13)9(5)14)19-8-3-7(11(15,16)17)20-10(18)21-8/h1-3H,(H3,18,19,20,21). The first-order chi connectivity index (χ1) is 9.66. The fraction of sp³-hybridized carbons (Fsp3) is 0.0909. The van der Waals surface area contributed by atoms with Gasteiger partial charge in [0.05, 0.1) is 0 Å². The van der Waals surface area contributed by atoms with Gasteiger partial charge in [0.2, 0.25) is 5.95 Å². The van der Waals surface area contributed by atoms with E-state index in [1.807, 2.05) is 0 Å². The molecule has 0 spiro atoms. The Morgan fingerprint density at radius 3 is 2.05 bits per heavy atom. The molecule has 0 atom stereocenters. The molecule has 2 aromatic rings. The highest BCUT2D eigenvalue weighted by Gasteiger charge is 2.33. The zero-order valence-electron chi connectivity index (χ0n) is 9.97. The van der Waals surface area contributed by atoms with Crippen LogP contribution >= 0.6 is 0 Å². The van der Waals surface area contributed by atoms with Gasteiger partial charge in [0.25, 0.3) is 0 Å². The van der Waals surface area contributed by atoms with Gasteiger partial charge >= 0.3 is 6.18 Å². The van der Waals surface area contributed by atoms with E-state index in [-0.39, 0.29) is 5.69 Å². The van der Waals surface area contributed by atoms with Gasteiger partial charge < -0.3 is 11.1 Å². The molecule has 0 amide bonds. The molecule has 4 nitrogen and oxygen atoms in total. The van der Waals surface area contributed by atoms with Gasteiger partial charge in [0.15, 0.2) is 23.1 Å². The second-order valence-electron chi connectivity index (χ2n) is 3.87. The number of nitrogens with two attached hydrogens (primary N) is 1. The van der Waals surface area contributed by atoms with Crippen LogP contribution in [-0.2, 0) is 6.18 Å². The highest BCUT2D eigenvalue weighted by atomic mass is 19.4. The van der Waals surface area contributed by atoms with Gasteiger partial charge in [-0.05, 0) is 0 Å². The Labute approximate surface area is 113 Å². The summed E-state index contributed by atoms with van der Waals surface area (Å²) in [6.07, 6.45) is -4.77. The van der Waals surface area contributed by atoms with Crippen molar-refractivity contribution in [3.05, 3.63) is 41.3 Å². The summed E-state index contributed by atoms with van der Waals surface area (Å²) >= 11 is 0. The smallest absolute Gasteiger partial charge is 0.368 e. The fourth-order valence-electron chi connectivity index (χ4n) is 1.45. The topological polar surface area (TPSA) is 63.8 Å².